The molecule has 3 N–H and O–H groups in total. The number of amides is 1. The molecule has 0 aliphatic heterocycles. The Hall–Kier alpha value is -2.01. The standard InChI is InChI=1S/C13H15ClN4O/c1-3-9-7-12(18(2)17-9)13(19)16-11-5-4-8(15)6-10(11)14/h4-7H,3,15H2,1-2H3,(H,16,19). The molecule has 0 aliphatic carbocycles. The van der Waals surface area contributed by atoms with Crippen molar-refractivity contribution in [3.05, 3.63) is 40.7 Å². The van der Waals surface area contributed by atoms with Crippen LogP contribution in [0.2, 0.25) is 5.02 Å². The molecular weight excluding hydrogens is 264 g/mol. The molecule has 0 saturated heterocycles. The van der Waals surface area contributed by atoms with Crippen LogP contribution in [0, 0.1) is 0 Å². The number of benzene rings is 1. The number of nitrogens with zero attached hydrogens (tertiary/aromatic N) is 2. The van der Waals surface area contributed by atoms with Gasteiger partial charge < -0.3 is 11.1 Å². The lowest BCUT2D eigenvalue weighted by Gasteiger charge is -2.07. The molecule has 19 heavy (non-hydrogen) atoms. The summed E-state index contributed by atoms with van der Waals surface area (Å²) in [5, 5.41) is 7.38. The van der Waals surface area contributed by atoms with Crippen molar-refractivity contribution in [2.75, 3.05) is 11.1 Å². The first kappa shape index (κ1) is 13.4. The molecule has 1 aromatic carbocycles. The Balaban J connectivity index is 2.23. The predicted octanol–water partition coefficient (Wildman–Crippen LogP) is 2.47. The monoisotopic (exact) mass is 278 g/mol. The molecule has 2 rings (SSSR count). The van der Waals surface area contributed by atoms with E-state index in [1.165, 1.54) is 0 Å². The van der Waals surface area contributed by atoms with Crippen LogP contribution in [-0.4, -0.2) is 15.7 Å². The van der Waals surface area contributed by atoms with E-state index in [1.807, 2.05) is 6.92 Å². The Labute approximate surface area is 116 Å². The van der Waals surface area contributed by atoms with Crippen LogP contribution in [0.15, 0.2) is 24.3 Å². The fourth-order valence-corrected chi connectivity index (χ4v) is 1.97. The minimum atomic E-state index is -0.249. The minimum absolute atomic E-state index is 0.249. The van der Waals surface area contributed by atoms with E-state index in [1.54, 1.807) is 36.0 Å². The van der Waals surface area contributed by atoms with Crippen LogP contribution < -0.4 is 11.1 Å². The number of anilines is 2. The van der Waals surface area contributed by atoms with Crippen molar-refractivity contribution in [3.8, 4) is 0 Å². The lowest BCUT2D eigenvalue weighted by atomic mass is 10.2. The fourth-order valence-electron chi connectivity index (χ4n) is 1.73. The third kappa shape index (κ3) is 2.88. The second-order valence-electron chi connectivity index (χ2n) is 4.19. The lowest BCUT2D eigenvalue weighted by molar-refractivity contribution is 0.101. The van der Waals surface area contributed by atoms with Gasteiger partial charge in [0, 0.05) is 12.7 Å². The maximum absolute atomic E-state index is 12.1. The summed E-state index contributed by atoms with van der Waals surface area (Å²) in [7, 11) is 1.73. The van der Waals surface area contributed by atoms with Gasteiger partial charge in [-0.05, 0) is 30.7 Å². The van der Waals surface area contributed by atoms with E-state index < -0.39 is 0 Å². The molecule has 2 aromatic rings. The zero-order valence-corrected chi connectivity index (χ0v) is 11.5. The van der Waals surface area contributed by atoms with Crippen molar-refractivity contribution in [3.63, 3.8) is 0 Å². The first-order valence-corrected chi connectivity index (χ1v) is 6.28. The van der Waals surface area contributed by atoms with Crippen LogP contribution in [-0.2, 0) is 13.5 Å². The van der Waals surface area contributed by atoms with E-state index in [2.05, 4.69) is 10.4 Å². The summed E-state index contributed by atoms with van der Waals surface area (Å²) in [6.07, 6.45) is 0.781. The van der Waals surface area contributed by atoms with Crippen molar-refractivity contribution in [1.29, 1.82) is 0 Å². The van der Waals surface area contributed by atoms with Crippen LogP contribution in [0.3, 0.4) is 0 Å². The quantitative estimate of drug-likeness (QED) is 0.847. The normalized spacial score (nSPS) is 10.5. The molecule has 0 spiro atoms. The molecular formula is C13H15ClN4O. The molecule has 100 valence electrons. The van der Waals surface area contributed by atoms with Crippen molar-refractivity contribution >= 4 is 28.9 Å². The SMILES string of the molecule is CCc1cc(C(=O)Nc2ccc(N)cc2Cl)n(C)n1. The van der Waals surface area contributed by atoms with Gasteiger partial charge in [-0.1, -0.05) is 18.5 Å². The number of aryl methyl sites for hydroxylation is 2. The van der Waals surface area contributed by atoms with Gasteiger partial charge in [-0.3, -0.25) is 9.48 Å². The average molecular weight is 279 g/mol. The Morgan fingerprint density at radius 3 is 2.79 bits per heavy atom. The maximum atomic E-state index is 12.1. The summed E-state index contributed by atoms with van der Waals surface area (Å²) in [6.45, 7) is 1.99. The van der Waals surface area contributed by atoms with Gasteiger partial charge >= 0.3 is 0 Å². The highest BCUT2D eigenvalue weighted by Gasteiger charge is 2.14. The van der Waals surface area contributed by atoms with Crippen molar-refractivity contribution in [2.24, 2.45) is 7.05 Å². The highest BCUT2D eigenvalue weighted by molar-refractivity contribution is 6.34. The topological polar surface area (TPSA) is 72.9 Å². The molecule has 1 heterocycles. The molecule has 1 amide bonds. The number of hydrogen-bond donors (Lipinski definition) is 2. The van der Waals surface area contributed by atoms with Gasteiger partial charge in [-0.25, -0.2) is 0 Å². The molecule has 1 aromatic heterocycles. The van der Waals surface area contributed by atoms with Gasteiger partial charge in [0.15, 0.2) is 0 Å². The second kappa shape index (κ2) is 5.32. The highest BCUT2D eigenvalue weighted by atomic mass is 35.5. The van der Waals surface area contributed by atoms with Crippen LogP contribution in [0.1, 0.15) is 23.1 Å². The maximum Gasteiger partial charge on any atom is 0.273 e. The van der Waals surface area contributed by atoms with Gasteiger partial charge in [0.25, 0.3) is 5.91 Å². The first-order valence-electron chi connectivity index (χ1n) is 5.90. The lowest BCUT2D eigenvalue weighted by Crippen LogP contribution is -2.16. The molecule has 0 radical (unpaired) electrons. The number of carbonyl (C=O) groups is 1. The number of nitrogens with one attached hydrogen (secondary N) is 1. The number of hydrogen-bond acceptors (Lipinski definition) is 3. The summed E-state index contributed by atoms with van der Waals surface area (Å²) in [5.41, 5.74) is 8.05. The summed E-state index contributed by atoms with van der Waals surface area (Å²) in [6, 6.07) is 6.72. The highest BCUT2D eigenvalue weighted by Crippen LogP contribution is 2.24. The van der Waals surface area contributed by atoms with Crippen LogP contribution in [0.25, 0.3) is 0 Å². The number of rotatable bonds is 3. The van der Waals surface area contributed by atoms with E-state index >= 15 is 0 Å². The number of aromatic nitrogens is 2. The van der Waals surface area contributed by atoms with Gasteiger partial charge in [0.2, 0.25) is 0 Å². The molecule has 5 nitrogen and oxygen atoms in total. The van der Waals surface area contributed by atoms with E-state index in [0.717, 1.165) is 12.1 Å². The molecule has 0 unspecified atom stereocenters. The fraction of sp³-hybridized carbons (Fsp3) is 0.231. The Morgan fingerprint density at radius 2 is 2.21 bits per heavy atom. The number of halogens is 1. The Morgan fingerprint density at radius 1 is 1.47 bits per heavy atom. The Bertz CT molecular complexity index is 621. The number of carbonyl (C=O) groups excluding carboxylic acids is 1. The molecule has 0 bridgehead atoms. The third-order valence-electron chi connectivity index (χ3n) is 2.77. The average Bonchev–Trinajstić information content (AvgIpc) is 2.74. The van der Waals surface area contributed by atoms with E-state index in [9.17, 15) is 4.79 Å². The van der Waals surface area contributed by atoms with Gasteiger partial charge in [-0.2, -0.15) is 5.10 Å². The minimum Gasteiger partial charge on any atom is -0.399 e. The van der Waals surface area contributed by atoms with Crippen molar-refractivity contribution in [1.82, 2.24) is 9.78 Å². The van der Waals surface area contributed by atoms with Crippen LogP contribution in [0.4, 0.5) is 11.4 Å². The van der Waals surface area contributed by atoms with Crippen molar-refractivity contribution in [2.45, 2.75) is 13.3 Å². The van der Waals surface area contributed by atoms with E-state index in [-0.39, 0.29) is 5.91 Å². The van der Waals surface area contributed by atoms with Crippen LogP contribution >= 0.6 is 11.6 Å². The molecule has 0 aliphatic rings. The predicted molar refractivity (Wildman–Crippen MR) is 76.4 cm³/mol. The zero-order chi connectivity index (χ0) is 14.0. The smallest absolute Gasteiger partial charge is 0.273 e. The molecule has 0 saturated carbocycles. The summed E-state index contributed by atoms with van der Waals surface area (Å²) < 4.78 is 1.55. The third-order valence-corrected chi connectivity index (χ3v) is 3.08. The zero-order valence-electron chi connectivity index (χ0n) is 10.8. The second-order valence-corrected chi connectivity index (χ2v) is 4.60. The largest absolute Gasteiger partial charge is 0.399 e. The molecule has 6 heteroatoms. The molecule has 0 fully saturated rings. The van der Waals surface area contributed by atoms with Crippen LogP contribution in [0.5, 0.6) is 0 Å². The summed E-state index contributed by atoms with van der Waals surface area (Å²) >= 11 is 6.02. The van der Waals surface area contributed by atoms with Gasteiger partial charge in [0.1, 0.15) is 5.69 Å². The number of nitrogen functional groups attached to an aromatic ring is 1. The van der Waals surface area contributed by atoms with Crippen molar-refractivity contribution < 1.29 is 4.79 Å². The van der Waals surface area contributed by atoms with E-state index in [4.69, 9.17) is 17.3 Å². The summed E-state index contributed by atoms with van der Waals surface area (Å²) in [5.74, 6) is -0.249. The Kier molecular flexibility index (Phi) is 3.76. The van der Waals surface area contributed by atoms with Gasteiger partial charge in [-0.15, -0.1) is 0 Å². The van der Waals surface area contributed by atoms with Gasteiger partial charge in [0.05, 0.1) is 16.4 Å². The number of nitrogens with two attached hydrogens (primary N) is 1. The first-order chi connectivity index (χ1) is 9.01. The van der Waals surface area contributed by atoms with E-state index in [0.29, 0.717) is 22.1 Å². The molecule has 0 atom stereocenters. The summed E-state index contributed by atoms with van der Waals surface area (Å²) in [4.78, 5) is 12.1.